The van der Waals surface area contributed by atoms with Crippen molar-refractivity contribution in [3.63, 3.8) is 0 Å². The summed E-state index contributed by atoms with van der Waals surface area (Å²) in [5.41, 5.74) is 1.79. The maximum Gasteiger partial charge on any atom is 0.125 e. The van der Waals surface area contributed by atoms with Gasteiger partial charge in [0.1, 0.15) is 11.6 Å². The van der Waals surface area contributed by atoms with Gasteiger partial charge in [0.15, 0.2) is 0 Å². The van der Waals surface area contributed by atoms with Crippen molar-refractivity contribution in [2.24, 2.45) is 11.8 Å². The smallest absolute Gasteiger partial charge is 0.125 e. The third-order valence-corrected chi connectivity index (χ3v) is 5.00. The number of benzene rings is 1. The predicted molar refractivity (Wildman–Crippen MR) is 85.2 cm³/mol. The first-order chi connectivity index (χ1) is 10.2. The van der Waals surface area contributed by atoms with Gasteiger partial charge in [-0.3, -0.25) is 0 Å². The molecule has 2 atom stereocenters. The van der Waals surface area contributed by atoms with Crippen molar-refractivity contribution in [1.82, 2.24) is 9.55 Å². The van der Waals surface area contributed by atoms with Crippen molar-refractivity contribution in [1.29, 1.82) is 0 Å². The Morgan fingerprint density at radius 3 is 2.90 bits per heavy atom. The van der Waals surface area contributed by atoms with Crippen LogP contribution in [0.5, 0.6) is 0 Å². The molecule has 1 aliphatic carbocycles. The summed E-state index contributed by atoms with van der Waals surface area (Å²) >= 11 is 5.91. The average molecular weight is 309 g/mol. The molecular formula is C17H22ClFN2. The van der Waals surface area contributed by atoms with E-state index >= 15 is 0 Å². The highest BCUT2D eigenvalue weighted by Gasteiger charge is 2.23. The summed E-state index contributed by atoms with van der Waals surface area (Å²) in [6, 6.07) is 4.89. The molecule has 0 bridgehead atoms. The molecule has 4 heteroatoms. The zero-order valence-electron chi connectivity index (χ0n) is 12.5. The number of nitrogens with zero attached hydrogens (tertiary/aromatic N) is 2. The second kappa shape index (κ2) is 6.35. The fourth-order valence-corrected chi connectivity index (χ4v) is 3.70. The Morgan fingerprint density at radius 1 is 1.33 bits per heavy atom. The Morgan fingerprint density at radius 2 is 2.14 bits per heavy atom. The van der Waals surface area contributed by atoms with Gasteiger partial charge in [0, 0.05) is 24.9 Å². The maximum absolute atomic E-state index is 13.4. The van der Waals surface area contributed by atoms with Gasteiger partial charge in [0.05, 0.1) is 11.0 Å². The third-order valence-electron chi connectivity index (χ3n) is 4.81. The van der Waals surface area contributed by atoms with Crippen molar-refractivity contribution in [3.05, 3.63) is 29.8 Å². The Hall–Kier alpha value is -1.09. The van der Waals surface area contributed by atoms with Gasteiger partial charge in [-0.05, 0) is 30.4 Å². The number of aromatic nitrogens is 2. The first-order valence-electron chi connectivity index (χ1n) is 7.89. The van der Waals surface area contributed by atoms with Crippen LogP contribution < -0.4 is 0 Å². The summed E-state index contributed by atoms with van der Waals surface area (Å²) in [6.07, 6.45) is 6.00. The molecule has 1 aromatic carbocycles. The van der Waals surface area contributed by atoms with E-state index in [1.807, 2.05) is 6.07 Å². The lowest BCUT2D eigenvalue weighted by molar-refractivity contribution is 0.229. The number of alkyl halides is 1. The molecule has 1 fully saturated rings. The molecule has 1 saturated carbocycles. The standard InChI is InChI=1S/C17H22ClFN2/c1-12-4-2-3-5-13(12)11-21-16-7-6-14(19)10-15(16)20-17(21)8-9-18/h6-7,10,12-13H,2-5,8-9,11H2,1H3. The number of fused-ring (bicyclic) bond motifs is 1. The van der Waals surface area contributed by atoms with Crippen LogP contribution in [0.1, 0.15) is 38.4 Å². The van der Waals surface area contributed by atoms with Crippen molar-refractivity contribution in [2.45, 2.75) is 45.6 Å². The molecule has 0 aliphatic heterocycles. The van der Waals surface area contributed by atoms with E-state index in [1.165, 1.54) is 37.8 Å². The van der Waals surface area contributed by atoms with Gasteiger partial charge in [-0.1, -0.05) is 26.2 Å². The second-order valence-electron chi connectivity index (χ2n) is 6.23. The molecule has 0 saturated heterocycles. The fourth-order valence-electron chi connectivity index (χ4n) is 3.53. The molecule has 2 nitrogen and oxygen atoms in total. The second-order valence-corrected chi connectivity index (χ2v) is 6.61. The van der Waals surface area contributed by atoms with Crippen LogP contribution in [-0.2, 0) is 13.0 Å². The highest BCUT2D eigenvalue weighted by Crippen LogP contribution is 2.32. The number of hydrogen-bond acceptors (Lipinski definition) is 1. The number of hydrogen-bond donors (Lipinski definition) is 0. The van der Waals surface area contributed by atoms with Crippen LogP contribution >= 0.6 is 11.6 Å². The Bertz CT molecular complexity index is 623. The number of imidazole rings is 1. The lowest BCUT2D eigenvalue weighted by atomic mass is 9.80. The van der Waals surface area contributed by atoms with Crippen LogP contribution in [-0.4, -0.2) is 15.4 Å². The third kappa shape index (κ3) is 3.08. The predicted octanol–water partition coefficient (Wildman–Crippen LogP) is 4.78. The molecular weight excluding hydrogens is 287 g/mol. The molecule has 0 amide bonds. The van der Waals surface area contributed by atoms with E-state index in [2.05, 4.69) is 16.5 Å². The summed E-state index contributed by atoms with van der Waals surface area (Å²) in [7, 11) is 0. The van der Waals surface area contributed by atoms with Gasteiger partial charge >= 0.3 is 0 Å². The number of aryl methyl sites for hydroxylation is 1. The van der Waals surface area contributed by atoms with Crippen molar-refractivity contribution in [3.8, 4) is 0 Å². The normalized spacial score (nSPS) is 22.8. The van der Waals surface area contributed by atoms with Gasteiger partial charge in [-0.15, -0.1) is 11.6 Å². The highest BCUT2D eigenvalue weighted by molar-refractivity contribution is 6.17. The molecule has 1 heterocycles. The van der Waals surface area contributed by atoms with Crippen LogP contribution in [0, 0.1) is 17.7 Å². The summed E-state index contributed by atoms with van der Waals surface area (Å²) in [6.45, 7) is 3.33. The summed E-state index contributed by atoms with van der Waals surface area (Å²) in [4.78, 5) is 4.59. The quantitative estimate of drug-likeness (QED) is 0.743. The van der Waals surface area contributed by atoms with Crippen molar-refractivity contribution in [2.75, 3.05) is 5.88 Å². The molecule has 1 aliphatic rings. The highest BCUT2D eigenvalue weighted by atomic mass is 35.5. The lowest BCUT2D eigenvalue weighted by Gasteiger charge is -2.29. The van der Waals surface area contributed by atoms with E-state index in [9.17, 15) is 4.39 Å². The molecule has 21 heavy (non-hydrogen) atoms. The van der Waals surface area contributed by atoms with E-state index in [4.69, 9.17) is 11.6 Å². The largest absolute Gasteiger partial charge is 0.328 e. The van der Waals surface area contributed by atoms with E-state index in [0.717, 1.165) is 35.7 Å². The van der Waals surface area contributed by atoms with E-state index in [1.54, 1.807) is 0 Å². The van der Waals surface area contributed by atoms with Crippen molar-refractivity contribution >= 4 is 22.6 Å². The van der Waals surface area contributed by atoms with E-state index in [-0.39, 0.29) is 5.82 Å². The fraction of sp³-hybridized carbons (Fsp3) is 0.588. The minimum Gasteiger partial charge on any atom is -0.328 e. The van der Waals surface area contributed by atoms with Gasteiger partial charge in [0.2, 0.25) is 0 Å². The van der Waals surface area contributed by atoms with Gasteiger partial charge in [0.25, 0.3) is 0 Å². The lowest BCUT2D eigenvalue weighted by Crippen LogP contribution is -2.23. The minimum atomic E-state index is -0.226. The van der Waals surface area contributed by atoms with Gasteiger partial charge in [-0.25, -0.2) is 9.37 Å². The van der Waals surface area contributed by atoms with E-state index in [0.29, 0.717) is 11.8 Å². The van der Waals surface area contributed by atoms with Crippen LogP contribution in [0.3, 0.4) is 0 Å². The van der Waals surface area contributed by atoms with Crippen LogP contribution in [0.4, 0.5) is 4.39 Å². The summed E-state index contributed by atoms with van der Waals surface area (Å²) in [5.74, 6) is 2.75. The summed E-state index contributed by atoms with van der Waals surface area (Å²) in [5, 5.41) is 0. The summed E-state index contributed by atoms with van der Waals surface area (Å²) < 4.78 is 15.7. The zero-order valence-corrected chi connectivity index (χ0v) is 13.2. The molecule has 0 radical (unpaired) electrons. The van der Waals surface area contributed by atoms with Crippen molar-refractivity contribution < 1.29 is 4.39 Å². The minimum absolute atomic E-state index is 0.226. The molecule has 0 N–H and O–H groups in total. The topological polar surface area (TPSA) is 17.8 Å². The molecule has 3 rings (SSSR count). The van der Waals surface area contributed by atoms with Gasteiger partial charge < -0.3 is 4.57 Å². The molecule has 0 spiro atoms. The van der Waals surface area contributed by atoms with Crippen LogP contribution in [0.25, 0.3) is 11.0 Å². The molecule has 1 aromatic heterocycles. The molecule has 2 unspecified atom stereocenters. The van der Waals surface area contributed by atoms with Crippen LogP contribution in [0.2, 0.25) is 0 Å². The monoisotopic (exact) mass is 308 g/mol. The SMILES string of the molecule is CC1CCCCC1Cn1c(CCCl)nc2cc(F)ccc21. The molecule has 2 aromatic rings. The Kier molecular flexibility index (Phi) is 4.48. The Balaban J connectivity index is 1.96. The Labute approximate surface area is 130 Å². The zero-order chi connectivity index (χ0) is 14.8. The van der Waals surface area contributed by atoms with E-state index < -0.39 is 0 Å². The van der Waals surface area contributed by atoms with Crippen LogP contribution in [0.15, 0.2) is 18.2 Å². The number of halogens is 2. The first kappa shape index (κ1) is 14.8. The number of rotatable bonds is 4. The first-order valence-corrected chi connectivity index (χ1v) is 8.43. The van der Waals surface area contributed by atoms with Gasteiger partial charge in [-0.2, -0.15) is 0 Å². The maximum atomic E-state index is 13.4. The average Bonchev–Trinajstić information content (AvgIpc) is 2.79. The molecule has 114 valence electrons.